The average molecular weight is 568 g/mol. The molecule has 0 bridgehead atoms. The molecule has 44 heavy (non-hydrogen) atoms. The molecule has 3 aromatic heterocycles. The van der Waals surface area contributed by atoms with Crippen LogP contribution in [0.15, 0.2) is 138 Å². The zero-order chi connectivity index (χ0) is 29.0. The zero-order valence-corrected chi connectivity index (χ0v) is 23.6. The van der Waals surface area contributed by atoms with Crippen LogP contribution in [0, 0.1) is 0 Å². The van der Waals surface area contributed by atoms with E-state index < -0.39 is 0 Å². The zero-order valence-electron chi connectivity index (χ0n) is 23.6. The summed E-state index contributed by atoms with van der Waals surface area (Å²) < 4.78 is 6.71. The first-order chi connectivity index (χ1) is 21.8. The van der Waals surface area contributed by atoms with Gasteiger partial charge in [-0.15, -0.1) is 0 Å². The molecular formula is C38H25N5O. The molecule has 0 N–H and O–H groups in total. The molecule has 208 valence electrons. The van der Waals surface area contributed by atoms with Gasteiger partial charge in [-0.05, 0) is 48.0 Å². The summed E-state index contributed by atoms with van der Waals surface area (Å²) in [5, 5.41) is 1.07. The molecule has 9 rings (SSSR count). The molecule has 2 atom stereocenters. The van der Waals surface area contributed by atoms with Crippen molar-refractivity contribution in [1.82, 2.24) is 19.9 Å². The predicted octanol–water partition coefficient (Wildman–Crippen LogP) is 8.69. The van der Waals surface area contributed by atoms with Crippen LogP contribution in [0.2, 0.25) is 0 Å². The fourth-order valence-electron chi connectivity index (χ4n) is 6.67. The van der Waals surface area contributed by atoms with E-state index in [1.54, 1.807) is 6.20 Å². The molecule has 4 heterocycles. The third-order valence-electron chi connectivity index (χ3n) is 8.55. The minimum atomic E-state index is 0.116. The van der Waals surface area contributed by atoms with E-state index >= 15 is 0 Å². The Bertz CT molecular complexity index is 2130. The van der Waals surface area contributed by atoms with Gasteiger partial charge in [0.05, 0.1) is 11.6 Å². The maximum Gasteiger partial charge on any atom is 0.182 e. The molecule has 0 radical (unpaired) electrons. The van der Waals surface area contributed by atoms with Gasteiger partial charge in [-0.25, -0.2) is 15.0 Å². The Kier molecular flexibility index (Phi) is 5.53. The predicted molar refractivity (Wildman–Crippen MR) is 173 cm³/mol. The molecule has 0 fully saturated rings. The van der Waals surface area contributed by atoms with Gasteiger partial charge in [0, 0.05) is 40.0 Å². The third kappa shape index (κ3) is 3.81. The van der Waals surface area contributed by atoms with Crippen molar-refractivity contribution in [2.75, 3.05) is 4.90 Å². The Labute approximate surface area is 254 Å². The Balaban J connectivity index is 1.24. The molecule has 0 saturated heterocycles. The lowest BCUT2D eigenvalue weighted by Crippen LogP contribution is -2.30. The number of rotatable bonds is 4. The molecule has 4 aromatic carbocycles. The van der Waals surface area contributed by atoms with Crippen LogP contribution < -0.4 is 4.90 Å². The summed E-state index contributed by atoms with van der Waals surface area (Å²) in [6.07, 6.45) is 6.16. The second-order valence-electron chi connectivity index (χ2n) is 11.0. The molecule has 6 nitrogen and oxygen atoms in total. The van der Waals surface area contributed by atoms with Gasteiger partial charge in [0.15, 0.2) is 17.5 Å². The summed E-state index contributed by atoms with van der Waals surface area (Å²) in [6, 6.07) is 41.4. The van der Waals surface area contributed by atoms with Crippen LogP contribution in [0.1, 0.15) is 22.8 Å². The van der Waals surface area contributed by atoms with Crippen LogP contribution in [-0.2, 0) is 0 Å². The van der Waals surface area contributed by atoms with Gasteiger partial charge in [-0.2, -0.15) is 0 Å². The first-order valence-electron chi connectivity index (χ1n) is 14.7. The fourth-order valence-corrected chi connectivity index (χ4v) is 6.67. The molecule has 2 unspecified atom stereocenters. The van der Waals surface area contributed by atoms with Gasteiger partial charge in [-0.1, -0.05) is 91.0 Å². The van der Waals surface area contributed by atoms with Crippen molar-refractivity contribution in [3.8, 4) is 34.3 Å². The average Bonchev–Trinajstić information content (AvgIpc) is 3.65. The Morgan fingerprint density at radius 1 is 0.636 bits per heavy atom. The largest absolute Gasteiger partial charge is 0.456 e. The van der Waals surface area contributed by atoms with Gasteiger partial charge in [0.2, 0.25) is 0 Å². The monoisotopic (exact) mass is 567 g/mol. The highest BCUT2D eigenvalue weighted by atomic mass is 16.3. The summed E-state index contributed by atoms with van der Waals surface area (Å²) in [5.74, 6) is 2.65. The topological polar surface area (TPSA) is 67.9 Å². The van der Waals surface area contributed by atoms with Crippen LogP contribution in [0.5, 0.6) is 0 Å². The van der Waals surface area contributed by atoms with E-state index in [1.165, 1.54) is 22.5 Å². The highest BCUT2D eigenvalue weighted by molar-refractivity contribution is 5.97. The van der Waals surface area contributed by atoms with Crippen molar-refractivity contribution in [2.24, 2.45) is 0 Å². The Morgan fingerprint density at radius 2 is 1.39 bits per heavy atom. The maximum absolute atomic E-state index is 6.71. The maximum atomic E-state index is 6.71. The number of benzene rings is 4. The molecule has 7 aromatic rings. The van der Waals surface area contributed by atoms with Gasteiger partial charge >= 0.3 is 0 Å². The number of aromatic nitrogens is 4. The summed E-state index contributed by atoms with van der Waals surface area (Å²) in [4.78, 5) is 21.7. The van der Waals surface area contributed by atoms with Crippen molar-refractivity contribution in [3.05, 3.63) is 150 Å². The van der Waals surface area contributed by atoms with Crippen LogP contribution in [0.25, 0.3) is 51.3 Å². The molecule has 1 aliphatic heterocycles. The standard InChI is InChI=1S/C38H25N5O/c1-3-12-24(13-4-1)36-40-37(42-38(41-36)29-19-9-10-23-39-29)28-18-11-17-27-34-32(44-35(27)28)22-21-31-33(34)26-16-7-8-20-30(26)43(31)25-14-5-2-6-15-25/h1-23,31,33H. The number of furan rings is 1. The van der Waals surface area contributed by atoms with Gasteiger partial charge in [-0.3, -0.25) is 4.98 Å². The molecule has 0 spiro atoms. The lowest BCUT2D eigenvalue weighted by molar-refractivity contribution is 0.584. The number of hydrogen-bond acceptors (Lipinski definition) is 6. The van der Waals surface area contributed by atoms with E-state index in [0.29, 0.717) is 23.2 Å². The van der Waals surface area contributed by atoms with Gasteiger partial charge in [0.25, 0.3) is 0 Å². The number of para-hydroxylation sites is 3. The number of nitrogens with zero attached hydrogens (tertiary/aromatic N) is 5. The van der Waals surface area contributed by atoms with Crippen LogP contribution in [0.3, 0.4) is 0 Å². The van der Waals surface area contributed by atoms with Crippen molar-refractivity contribution in [1.29, 1.82) is 0 Å². The molecule has 0 amide bonds. The van der Waals surface area contributed by atoms with E-state index in [0.717, 1.165) is 27.9 Å². The highest BCUT2D eigenvalue weighted by Gasteiger charge is 2.43. The Hall–Kier alpha value is -5.88. The fraction of sp³-hybridized carbons (Fsp3) is 0.0526. The minimum absolute atomic E-state index is 0.116. The summed E-state index contributed by atoms with van der Waals surface area (Å²) in [6.45, 7) is 0. The van der Waals surface area contributed by atoms with Gasteiger partial charge in [0.1, 0.15) is 17.0 Å². The summed E-state index contributed by atoms with van der Waals surface area (Å²) >= 11 is 0. The van der Waals surface area contributed by atoms with E-state index in [1.807, 2.05) is 54.6 Å². The molecule has 2 aliphatic rings. The van der Waals surface area contributed by atoms with Crippen LogP contribution in [-0.4, -0.2) is 26.0 Å². The van der Waals surface area contributed by atoms with Gasteiger partial charge < -0.3 is 9.32 Å². The normalized spacial score (nSPS) is 16.5. The Morgan fingerprint density at radius 3 is 2.23 bits per heavy atom. The van der Waals surface area contributed by atoms with E-state index in [9.17, 15) is 0 Å². The number of pyridine rings is 1. The second-order valence-corrected chi connectivity index (χ2v) is 11.0. The highest BCUT2D eigenvalue weighted by Crippen LogP contribution is 2.53. The quantitative estimate of drug-likeness (QED) is 0.212. The number of anilines is 2. The number of hydrogen-bond donors (Lipinski definition) is 0. The smallest absolute Gasteiger partial charge is 0.182 e. The molecule has 1 aliphatic carbocycles. The first kappa shape index (κ1) is 24.7. The van der Waals surface area contributed by atoms with Crippen molar-refractivity contribution < 1.29 is 4.42 Å². The number of fused-ring (bicyclic) bond motifs is 7. The second kappa shape index (κ2) is 9.85. The summed E-state index contributed by atoms with van der Waals surface area (Å²) in [5.41, 5.74) is 8.09. The molecular weight excluding hydrogens is 542 g/mol. The van der Waals surface area contributed by atoms with E-state index in [-0.39, 0.29) is 12.0 Å². The molecule has 0 saturated carbocycles. The minimum Gasteiger partial charge on any atom is -0.456 e. The van der Waals surface area contributed by atoms with Crippen molar-refractivity contribution >= 4 is 28.4 Å². The lowest BCUT2D eigenvalue weighted by Gasteiger charge is -2.30. The third-order valence-corrected chi connectivity index (χ3v) is 8.55. The SMILES string of the molecule is C1=CC2C(c3ccccc3N2c2ccccc2)c2c1oc1c(-c3nc(-c4ccccc4)nc(-c4ccccn4)n3)cccc21. The van der Waals surface area contributed by atoms with Crippen LogP contribution in [0.4, 0.5) is 11.4 Å². The lowest BCUT2D eigenvalue weighted by atomic mass is 9.82. The van der Waals surface area contributed by atoms with E-state index in [4.69, 9.17) is 19.4 Å². The van der Waals surface area contributed by atoms with Crippen molar-refractivity contribution in [3.63, 3.8) is 0 Å². The van der Waals surface area contributed by atoms with Crippen LogP contribution >= 0.6 is 0 Å². The van der Waals surface area contributed by atoms with E-state index in [2.05, 4.69) is 88.8 Å². The molecule has 6 heteroatoms. The first-order valence-corrected chi connectivity index (χ1v) is 14.7. The summed E-state index contributed by atoms with van der Waals surface area (Å²) in [7, 11) is 0. The van der Waals surface area contributed by atoms with Crippen molar-refractivity contribution in [2.45, 2.75) is 12.0 Å².